The third kappa shape index (κ3) is 7.83. The van der Waals surface area contributed by atoms with Crippen molar-refractivity contribution in [1.29, 1.82) is 0 Å². The number of carbonyl (C=O) groups excluding carboxylic acids is 2. The van der Waals surface area contributed by atoms with E-state index in [1.165, 1.54) is 24.3 Å². The molecular formula is C25H25N3O7. The van der Waals surface area contributed by atoms with Gasteiger partial charge in [-0.3, -0.25) is 20.7 Å². The largest absolute Gasteiger partial charge is 0.445 e. The molecule has 0 aromatic heterocycles. The second-order valence-electron chi connectivity index (χ2n) is 7.72. The van der Waals surface area contributed by atoms with Gasteiger partial charge in [0.15, 0.2) is 0 Å². The van der Waals surface area contributed by atoms with Crippen molar-refractivity contribution in [2.75, 3.05) is 17.2 Å². The Morgan fingerprint density at radius 1 is 1.17 bits per heavy atom. The Morgan fingerprint density at radius 2 is 1.94 bits per heavy atom. The molecule has 1 aliphatic rings. The Labute approximate surface area is 201 Å². The van der Waals surface area contributed by atoms with E-state index >= 15 is 0 Å². The maximum Gasteiger partial charge on any atom is 0.416 e. The molecule has 0 bridgehead atoms. The lowest BCUT2D eigenvalue weighted by Gasteiger charge is -2.15. The number of amides is 2. The van der Waals surface area contributed by atoms with Crippen LogP contribution >= 0.6 is 0 Å². The van der Waals surface area contributed by atoms with Crippen molar-refractivity contribution in [3.05, 3.63) is 93.8 Å². The molecule has 0 spiro atoms. The molecule has 182 valence electrons. The van der Waals surface area contributed by atoms with E-state index in [-0.39, 0.29) is 24.8 Å². The number of carbonyl (C=O) groups is 2. The van der Waals surface area contributed by atoms with E-state index in [2.05, 4.69) is 10.6 Å². The maximum absolute atomic E-state index is 12.4. The van der Waals surface area contributed by atoms with Crippen LogP contribution in [0.5, 0.6) is 0 Å². The van der Waals surface area contributed by atoms with Gasteiger partial charge in [0.1, 0.15) is 12.4 Å². The van der Waals surface area contributed by atoms with E-state index in [9.17, 15) is 24.8 Å². The third-order valence-electron chi connectivity index (χ3n) is 4.94. The van der Waals surface area contributed by atoms with Crippen LogP contribution in [0.1, 0.15) is 24.5 Å². The second-order valence-corrected chi connectivity index (χ2v) is 7.72. The molecule has 0 fully saturated rings. The summed E-state index contributed by atoms with van der Waals surface area (Å²) in [6.07, 6.45) is 8.07. The molecule has 0 saturated heterocycles. The summed E-state index contributed by atoms with van der Waals surface area (Å²) in [6, 6.07) is 10.3. The number of rotatable bonds is 8. The first-order chi connectivity index (χ1) is 16.8. The number of aliphatic hydroxyl groups excluding tert-OH is 1. The van der Waals surface area contributed by atoms with Gasteiger partial charge in [0.25, 0.3) is 5.69 Å². The predicted octanol–water partition coefficient (Wildman–Crippen LogP) is 5.38. The van der Waals surface area contributed by atoms with Crippen LogP contribution in [-0.4, -0.2) is 28.8 Å². The average Bonchev–Trinajstić information content (AvgIpc) is 2.83. The first kappa shape index (κ1) is 25.2. The van der Waals surface area contributed by atoms with E-state index in [0.29, 0.717) is 34.7 Å². The summed E-state index contributed by atoms with van der Waals surface area (Å²) >= 11 is 0. The van der Waals surface area contributed by atoms with E-state index in [4.69, 9.17) is 9.47 Å². The molecule has 10 heteroatoms. The van der Waals surface area contributed by atoms with Gasteiger partial charge in [-0.15, -0.1) is 0 Å². The minimum Gasteiger partial charge on any atom is -0.445 e. The van der Waals surface area contributed by atoms with Gasteiger partial charge in [-0.1, -0.05) is 31.2 Å². The fourth-order valence-electron chi connectivity index (χ4n) is 3.22. The number of nitro benzene ring substituents is 1. The number of hydrogen-bond donors (Lipinski definition) is 3. The molecule has 2 aromatic rings. The monoisotopic (exact) mass is 479 g/mol. The maximum atomic E-state index is 12.4. The molecule has 10 nitrogen and oxygen atoms in total. The highest BCUT2D eigenvalue weighted by Crippen LogP contribution is 2.23. The fraction of sp³-hybridized carbons (Fsp3) is 0.200. The average molecular weight is 479 g/mol. The number of nitrogens with zero attached hydrogens (tertiary/aromatic N) is 1. The number of non-ortho nitro benzene ring substituents is 1. The summed E-state index contributed by atoms with van der Waals surface area (Å²) in [5.74, 6) is 0.844. The van der Waals surface area contributed by atoms with E-state index in [0.717, 1.165) is 0 Å². The van der Waals surface area contributed by atoms with Crippen LogP contribution in [0.15, 0.2) is 72.5 Å². The number of aliphatic hydroxyl groups is 1. The highest BCUT2D eigenvalue weighted by Gasteiger charge is 2.14. The molecule has 3 rings (SSSR count). The van der Waals surface area contributed by atoms with Crippen molar-refractivity contribution >= 4 is 35.3 Å². The molecule has 2 amide bonds. The summed E-state index contributed by atoms with van der Waals surface area (Å²) in [5.41, 5.74) is 1.93. The van der Waals surface area contributed by atoms with Crippen molar-refractivity contribution < 1.29 is 29.1 Å². The zero-order chi connectivity index (χ0) is 25.2. The van der Waals surface area contributed by atoms with Crippen molar-refractivity contribution in [2.24, 2.45) is 5.92 Å². The minimum absolute atomic E-state index is 0.0802. The predicted molar refractivity (Wildman–Crippen MR) is 131 cm³/mol. The first-order valence-electron chi connectivity index (χ1n) is 10.8. The molecule has 0 aliphatic heterocycles. The van der Waals surface area contributed by atoms with Crippen LogP contribution < -0.4 is 10.6 Å². The normalized spacial score (nSPS) is 14.8. The van der Waals surface area contributed by atoms with Gasteiger partial charge in [0, 0.05) is 24.2 Å². The Bertz CT molecular complexity index is 1170. The minimum atomic E-state index is -0.737. The van der Waals surface area contributed by atoms with Crippen LogP contribution in [-0.2, 0) is 16.1 Å². The Hall–Kier alpha value is -4.44. The zero-order valence-electron chi connectivity index (χ0n) is 19.0. The van der Waals surface area contributed by atoms with Crippen molar-refractivity contribution in [3.8, 4) is 0 Å². The highest BCUT2D eigenvalue weighted by atomic mass is 16.6. The van der Waals surface area contributed by atoms with Crippen LogP contribution in [0.2, 0.25) is 0 Å². The molecule has 3 N–H and O–H groups in total. The van der Waals surface area contributed by atoms with E-state index < -0.39 is 17.1 Å². The van der Waals surface area contributed by atoms with Gasteiger partial charge in [-0.05, 0) is 53.5 Å². The van der Waals surface area contributed by atoms with E-state index in [1.54, 1.807) is 36.4 Å². The number of allylic oxidation sites excluding steroid dienone is 4. The second kappa shape index (κ2) is 12.1. The molecular weight excluding hydrogens is 454 g/mol. The fourth-order valence-corrected chi connectivity index (χ4v) is 3.22. The van der Waals surface area contributed by atoms with Crippen LogP contribution in [0, 0.1) is 16.0 Å². The van der Waals surface area contributed by atoms with Gasteiger partial charge >= 0.3 is 12.2 Å². The first-order valence-corrected chi connectivity index (χ1v) is 10.8. The number of anilines is 2. The Kier molecular flexibility index (Phi) is 8.74. The summed E-state index contributed by atoms with van der Waals surface area (Å²) in [5, 5.41) is 25.3. The van der Waals surface area contributed by atoms with Crippen LogP contribution in [0.25, 0.3) is 6.08 Å². The quantitative estimate of drug-likeness (QED) is 0.341. The van der Waals surface area contributed by atoms with Crippen molar-refractivity contribution in [3.63, 3.8) is 0 Å². The lowest BCUT2D eigenvalue weighted by atomic mass is 10.0. The van der Waals surface area contributed by atoms with Gasteiger partial charge in [0.05, 0.1) is 17.2 Å². The lowest BCUT2D eigenvalue weighted by Crippen LogP contribution is -2.16. The summed E-state index contributed by atoms with van der Waals surface area (Å²) in [6.45, 7) is 1.76. The smallest absolute Gasteiger partial charge is 0.416 e. The Balaban J connectivity index is 1.57. The van der Waals surface area contributed by atoms with Crippen molar-refractivity contribution in [2.45, 2.75) is 20.0 Å². The van der Waals surface area contributed by atoms with Gasteiger partial charge in [0.2, 0.25) is 0 Å². The molecule has 0 saturated carbocycles. The molecule has 2 aromatic carbocycles. The Morgan fingerprint density at radius 3 is 2.63 bits per heavy atom. The standard InChI is InChI=1S/C25H25N3O7/c1-17-4-2-6-22(14-17)35-25(31)27-23-12-7-18(16-29)15-19(23)5-3-13-34-24(30)26-20-8-10-21(11-9-20)28(32)33/h2-12,15,17,29H,13-14,16H2,1H3,(H,26,30)(H,27,31)/b5-3+. The van der Waals surface area contributed by atoms with Gasteiger partial charge < -0.3 is 14.6 Å². The van der Waals surface area contributed by atoms with Crippen LogP contribution in [0.3, 0.4) is 0 Å². The highest BCUT2D eigenvalue weighted by molar-refractivity contribution is 5.88. The number of ether oxygens (including phenoxy) is 2. The molecule has 0 heterocycles. The van der Waals surface area contributed by atoms with E-state index in [1.807, 2.05) is 19.1 Å². The van der Waals surface area contributed by atoms with Crippen LogP contribution in [0.4, 0.5) is 26.7 Å². The summed E-state index contributed by atoms with van der Waals surface area (Å²) in [7, 11) is 0. The van der Waals surface area contributed by atoms with Gasteiger partial charge in [-0.2, -0.15) is 0 Å². The zero-order valence-corrected chi connectivity index (χ0v) is 19.0. The number of nitrogens with one attached hydrogen (secondary N) is 2. The summed E-state index contributed by atoms with van der Waals surface area (Å²) in [4.78, 5) is 34.5. The lowest BCUT2D eigenvalue weighted by molar-refractivity contribution is -0.384. The molecule has 1 atom stereocenters. The number of hydrogen-bond acceptors (Lipinski definition) is 7. The van der Waals surface area contributed by atoms with Gasteiger partial charge in [-0.25, -0.2) is 9.59 Å². The molecule has 1 unspecified atom stereocenters. The molecule has 35 heavy (non-hydrogen) atoms. The number of nitro groups is 1. The number of benzene rings is 2. The molecule has 1 aliphatic carbocycles. The summed E-state index contributed by atoms with van der Waals surface area (Å²) < 4.78 is 10.5. The third-order valence-corrected chi connectivity index (χ3v) is 4.94. The topological polar surface area (TPSA) is 140 Å². The molecule has 0 radical (unpaired) electrons. The SMILES string of the molecule is CC1C=CC=C(OC(=O)Nc2ccc(CO)cc2/C=C/COC(=O)Nc2ccc([N+](=O)[O-])cc2)C1. The van der Waals surface area contributed by atoms with Crippen molar-refractivity contribution in [1.82, 2.24) is 0 Å².